The molecule has 0 aliphatic heterocycles. The van der Waals surface area contributed by atoms with Crippen molar-refractivity contribution in [2.24, 2.45) is 0 Å². The number of aromatic amines is 1. The molecule has 1 aromatic carbocycles. The number of rotatable bonds is 2. The first kappa shape index (κ1) is 12.1. The zero-order valence-electron chi connectivity index (χ0n) is 9.54. The number of benzene rings is 1. The lowest BCUT2D eigenvalue weighted by molar-refractivity contribution is 0.593. The fourth-order valence-electron chi connectivity index (χ4n) is 1.74. The summed E-state index contributed by atoms with van der Waals surface area (Å²) in [5.41, 5.74) is 0.994. The van der Waals surface area contributed by atoms with Crippen molar-refractivity contribution < 1.29 is 8.42 Å². The third-order valence-corrected chi connectivity index (χ3v) is 4.53. The van der Waals surface area contributed by atoms with E-state index in [1.807, 2.05) is 0 Å². The molecule has 2 heterocycles. The summed E-state index contributed by atoms with van der Waals surface area (Å²) >= 11 is 5.67. The molecule has 0 unspecified atom stereocenters. The topological polar surface area (TPSA) is 75.7 Å². The lowest BCUT2D eigenvalue weighted by Crippen LogP contribution is -2.01. The Morgan fingerprint density at radius 1 is 1.16 bits per heavy atom. The second kappa shape index (κ2) is 4.32. The molecule has 3 aromatic rings. The number of aromatic nitrogens is 3. The van der Waals surface area contributed by atoms with E-state index in [4.69, 9.17) is 11.6 Å². The average molecular weight is 294 g/mol. The summed E-state index contributed by atoms with van der Waals surface area (Å²) in [7, 11) is -3.58. The first-order chi connectivity index (χ1) is 9.07. The summed E-state index contributed by atoms with van der Waals surface area (Å²) in [6, 6.07) is 9.64. The standard InChI is InChI=1S/C12H8ClN3O2S/c13-12-14-7-10-9(16-12)6-11(15-10)19(17,18)8-4-2-1-3-5-8/h1-7,15H. The minimum absolute atomic E-state index is 0.0743. The molecule has 96 valence electrons. The van der Waals surface area contributed by atoms with Crippen LogP contribution < -0.4 is 0 Å². The predicted octanol–water partition coefficient (Wildman–Crippen LogP) is 2.44. The summed E-state index contributed by atoms with van der Waals surface area (Å²) < 4.78 is 24.8. The first-order valence-corrected chi connectivity index (χ1v) is 7.25. The van der Waals surface area contributed by atoms with E-state index in [0.29, 0.717) is 11.0 Å². The molecule has 5 nitrogen and oxygen atoms in total. The van der Waals surface area contributed by atoms with E-state index in [-0.39, 0.29) is 15.2 Å². The van der Waals surface area contributed by atoms with Gasteiger partial charge in [0.2, 0.25) is 15.1 Å². The second-order valence-corrected chi connectivity index (χ2v) is 6.14. The summed E-state index contributed by atoms with van der Waals surface area (Å²) in [6.07, 6.45) is 1.45. The molecule has 0 saturated heterocycles. The molecule has 0 aliphatic rings. The van der Waals surface area contributed by atoms with Crippen LogP contribution in [0.4, 0.5) is 0 Å². The molecule has 0 amide bonds. The fraction of sp³-hybridized carbons (Fsp3) is 0. The van der Waals surface area contributed by atoms with Crippen molar-refractivity contribution in [2.75, 3.05) is 0 Å². The van der Waals surface area contributed by atoms with Gasteiger partial charge in [-0.1, -0.05) is 18.2 Å². The number of hydrogen-bond acceptors (Lipinski definition) is 4. The molecule has 7 heteroatoms. The molecule has 0 aliphatic carbocycles. The second-order valence-electron chi connectivity index (χ2n) is 3.89. The molecule has 0 radical (unpaired) electrons. The van der Waals surface area contributed by atoms with Crippen molar-refractivity contribution >= 4 is 32.5 Å². The molecule has 0 fully saturated rings. The minimum Gasteiger partial charge on any atom is -0.343 e. The molecule has 3 rings (SSSR count). The van der Waals surface area contributed by atoms with Crippen molar-refractivity contribution in [3.05, 3.63) is 47.9 Å². The predicted molar refractivity (Wildman–Crippen MR) is 70.8 cm³/mol. The van der Waals surface area contributed by atoms with E-state index in [0.717, 1.165) is 0 Å². The van der Waals surface area contributed by atoms with E-state index in [1.165, 1.54) is 12.3 Å². The van der Waals surface area contributed by atoms with Gasteiger partial charge in [0.25, 0.3) is 0 Å². The van der Waals surface area contributed by atoms with Crippen molar-refractivity contribution in [3.63, 3.8) is 0 Å². The van der Waals surface area contributed by atoms with Crippen LogP contribution in [0.1, 0.15) is 0 Å². The Balaban J connectivity index is 2.19. The number of nitrogens with one attached hydrogen (secondary N) is 1. The Morgan fingerprint density at radius 3 is 2.63 bits per heavy atom. The maximum absolute atomic E-state index is 12.4. The Morgan fingerprint density at radius 2 is 1.89 bits per heavy atom. The molecular weight excluding hydrogens is 286 g/mol. The molecule has 0 bridgehead atoms. The highest BCUT2D eigenvalue weighted by Crippen LogP contribution is 2.23. The zero-order chi connectivity index (χ0) is 13.5. The summed E-state index contributed by atoms with van der Waals surface area (Å²) in [4.78, 5) is 10.8. The van der Waals surface area contributed by atoms with Crippen molar-refractivity contribution in [3.8, 4) is 0 Å². The fourth-order valence-corrected chi connectivity index (χ4v) is 3.16. The number of fused-ring (bicyclic) bond motifs is 1. The maximum Gasteiger partial charge on any atom is 0.223 e. The van der Waals surface area contributed by atoms with Crippen LogP contribution in [0.5, 0.6) is 0 Å². The van der Waals surface area contributed by atoms with Crippen LogP contribution >= 0.6 is 11.6 Å². The van der Waals surface area contributed by atoms with Crippen LogP contribution in [0.2, 0.25) is 5.28 Å². The van der Waals surface area contributed by atoms with Crippen molar-refractivity contribution in [1.82, 2.24) is 15.0 Å². The smallest absolute Gasteiger partial charge is 0.223 e. The highest BCUT2D eigenvalue weighted by Gasteiger charge is 2.20. The summed E-state index contributed by atoms with van der Waals surface area (Å²) in [5, 5.41) is 0.153. The van der Waals surface area contributed by atoms with Gasteiger partial charge in [0.05, 0.1) is 22.1 Å². The maximum atomic E-state index is 12.4. The SMILES string of the molecule is O=S(=O)(c1ccccc1)c1cc2nc(Cl)ncc2[nH]1. The molecule has 19 heavy (non-hydrogen) atoms. The van der Waals surface area contributed by atoms with Crippen LogP contribution in [0.25, 0.3) is 11.0 Å². The monoisotopic (exact) mass is 293 g/mol. The van der Waals surface area contributed by atoms with Crippen LogP contribution in [-0.4, -0.2) is 23.4 Å². The summed E-state index contributed by atoms with van der Waals surface area (Å²) in [6.45, 7) is 0. The number of hydrogen-bond donors (Lipinski definition) is 1. The van der Waals surface area contributed by atoms with Gasteiger partial charge in [-0.15, -0.1) is 0 Å². The normalized spacial score (nSPS) is 11.8. The summed E-state index contributed by atoms with van der Waals surface area (Å²) in [5.74, 6) is 0. The Bertz CT molecular complexity index is 844. The lowest BCUT2D eigenvalue weighted by Gasteiger charge is -2.00. The Labute approximate surface area is 114 Å². The largest absolute Gasteiger partial charge is 0.343 e. The zero-order valence-corrected chi connectivity index (χ0v) is 11.1. The van der Waals surface area contributed by atoms with Gasteiger partial charge in [-0.05, 0) is 23.7 Å². The molecular formula is C12H8ClN3O2S. The number of H-pyrrole nitrogens is 1. The van der Waals surface area contributed by atoms with E-state index >= 15 is 0 Å². The third-order valence-electron chi connectivity index (χ3n) is 2.66. The van der Waals surface area contributed by atoms with Gasteiger partial charge in [0.15, 0.2) is 0 Å². The van der Waals surface area contributed by atoms with Gasteiger partial charge < -0.3 is 4.98 Å². The molecule has 0 atom stereocenters. The highest BCUT2D eigenvalue weighted by molar-refractivity contribution is 7.91. The average Bonchev–Trinajstić information content (AvgIpc) is 2.83. The quantitative estimate of drug-likeness (QED) is 0.736. The van der Waals surface area contributed by atoms with E-state index in [2.05, 4.69) is 15.0 Å². The number of sulfone groups is 1. The van der Waals surface area contributed by atoms with Gasteiger partial charge in [0.1, 0.15) is 5.03 Å². The van der Waals surface area contributed by atoms with Crippen molar-refractivity contribution in [2.45, 2.75) is 9.92 Å². The van der Waals surface area contributed by atoms with E-state index in [1.54, 1.807) is 30.3 Å². The molecule has 1 N–H and O–H groups in total. The Kier molecular flexibility index (Phi) is 2.76. The van der Waals surface area contributed by atoms with Crippen LogP contribution in [0.15, 0.2) is 52.5 Å². The third kappa shape index (κ3) is 2.09. The molecule has 2 aromatic heterocycles. The highest BCUT2D eigenvalue weighted by atomic mass is 35.5. The van der Waals surface area contributed by atoms with Gasteiger partial charge in [-0.25, -0.2) is 18.4 Å². The minimum atomic E-state index is -3.58. The van der Waals surface area contributed by atoms with Crippen LogP contribution in [0.3, 0.4) is 0 Å². The lowest BCUT2D eigenvalue weighted by atomic mass is 10.4. The van der Waals surface area contributed by atoms with Crippen LogP contribution in [-0.2, 0) is 9.84 Å². The van der Waals surface area contributed by atoms with Gasteiger partial charge in [-0.3, -0.25) is 0 Å². The van der Waals surface area contributed by atoms with Crippen LogP contribution in [0, 0.1) is 0 Å². The first-order valence-electron chi connectivity index (χ1n) is 5.39. The van der Waals surface area contributed by atoms with E-state index in [9.17, 15) is 8.42 Å². The van der Waals surface area contributed by atoms with Gasteiger partial charge in [0, 0.05) is 6.07 Å². The van der Waals surface area contributed by atoms with Crippen molar-refractivity contribution in [1.29, 1.82) is 0 Å². The van der Waals surface area contributed by atoms with E-state index < -0.39 is 9.84 Å². The number of nitrogens with zero attached hydrogens (tertiary/aromatic N) is 2. The Hall–Kier alpha value is -1.92. The molecule has 0 saturated carbocycles. The number of halogens is 1. The molecule has 0 spiro atoms. The van der Waals surface area contributed by atoms with Gasteiger partial charge in [-0.2, -0.15) is 0 Å². The van der Waals surface area contributed by atoms with Gasteiger partial charge >= 0.3 is 0 Å².